The van der Waals surface area contributed by atoms with Crippen molar-refractivity contribution in [1.29, 1.82) is 0 Å². The van der Waals surface area contributed by atoms with Gasteiger partial charge in [-0.1, -0.05) is 0 Å². The molecule has 0 aliphatic heterocycles. The number of rotatable bonds is 5. The molecule has 30 heavy (non-hydrogen) atoms. The number of hydrogen-bond donors (Lipinski definition) is 1. The van der Waals surface area contributed by atoms with Crippen molar-refractivity contribution < 1.29 is 4.74 Å². The molecule has 0 amide bonds. The van der Waals surface area contributed by atoms with Gasteiger partial charge >= 0.3 is 0 Å². The largest absolute Gasteiger partial charge is 0.487 e. The average molecular weight is 404 g/mol. The molecule has 154 valence electrons. The summed E-state index contributed by atoms with van der Waals surface area (Å²) in [4.78, 5) is 12.6. The predicted octanol–water partition coefficient (Wildman–Crippen LogP) is 3.23. The molecule has 4 aromatic heterocycles. The second-order valence-electron chi connectivity index (χ2n) is 7.66. The van der Waals surface area contributed by atoms with Crippen LogP contribution in [-0.4, -0.2) is 47.7 Å². The lowest BCUT2D eigenvalue weighted by Crippen LogP contribution is -2.26. The molecule has 1 aliphatic rings. The average Bonchev–Trinajstić information content (AvgIpc) is 3.38. The summed E-state index contributed by atoms with van der Waals surface area (Å²) < 4.78 is 10.0. The number of pyridine rings is 1. The molecule has 0 aromatic carbocycles. The van der Waals surface area contributed by atoms with Crippen molar-refractivity contribution in [3.63, 3.8) is 0 Å². The van der Waals surface area contributed by atoms with Gasteiger partial charge in [-0.05, 0) is 25.7 Å². The quantitative estimate of drug-likeness (QED) is 0.545. The zero-order valence-corrected chi connectivity index (χ0v) is 17.1. The maximum Gasteiger partial charge on any atom is 0.156 e. The third-order valence-corrected chi connectivity index (χ3v) is 5.66. The highest BCUT2D eigenvalue weighted by Crippen LogP contribution is 2.36. The van der Waals surface area contributed by atoms with Crippen molar-refractivity contribution in [2.75, 3.05) is 12.4 Å². The van der Waals surface area contributed by atoms with E-state index >= 15 is 0 Å². The smallest absolute Gasteiger partial charge is 0.156 e. The molecular weight excluding hydrogens is 380 g/mol. The van der Waals surface area contributed by atoms with Crippen LogP contribution in [-0.2, 0) is 7.05 Å². The minimum Gasteiger partial charge on any atom is -0.487 e. The first-order valence-electron chi connectivity index (χ1n) is 10.2. The van der Waals surface area contributed by atoms with Gasteiger partial charge in [-0.2, -0.15) is 10.2 Å². The Morgan fingerprint density at radius 3 is 2.57 bits per heavy atom. The minimum absolute atomic E-state index is 0.182. The maximum absolute atomic E-state index is 6.06. The van der Waals surface area contributed by atoms with E-state index < -0.39 is 0 Å². The normalized spacial score (nSPS) is 19.1. The van der Waals surface area contributed by atoms with Crippen LogP contribution in [0.1, 0.15) is 31.7 Å². The summed E-state index contributed by atoms with van der Waals surface area (Å²) in [6, 6.07) is 2.39. The van der Waals surface area contributed by atoms with Gasteiger partial charge in [-0.15, -0.1) is 0 Å². The lowest BCUT2D eigenvalue weighted by atomic mass is 9.93. The molecule has 1 saturated carbocycles. The van der Waals surface area contributed by atoms with Gasteiger partial charge in [-0.25, -0.2) is 15.0 Å². The molecule has 1 N–H and O–H groups in total. The van der Waals surface area contributed by atoms with Gasteiger partial charge in [0.2, 0.25) is 0 Å². The van der Waals surface area contributed by atoms with Crippen LogP contribution in [0.15, 0.2) is 43.4 Å². The van der Waals surface area contributed by atoms with Crippen molar-refractivity contribution in [3.8, 4) is 17.0 Å². The molecule has 1 fully saturated rings. The number of aryl methyl sites for hydroxylation is 1. The fourth-order valence-electron chi connectivity index (χ4n) is 4.15. The van der Waals surface area contributed by atoms with E-state index in [4.69, 9.17) is 9.84 Å². The van der Waals surface area contributed by atoms with Crippen LogP contribution in [0.5, 0.6) is 5.75 Å². The van der Waals surface area contributed by atoms with Gasteiger partial charge in [0.1, 0.15) is 17.8 Å². The molecule has 9 heteroatoms. The highest BCUT2D eigenvalue weighted by molar-refractivity contribution is 5.93. The summed E-state index contributed by atoms with van der Waals surface area (Å²) in [5, 5.41) is 13.5. The number of anilines is 1. The highest BCUT2D eigenvalue weighted by Gasteiger charge is 2.27. The Morgan fingerprint density at radius 1 is 1.07 bits per heavy atom. The Balaban J connectivity index is 1.42. The molecule has 0 spiro atoms. The van der Waals surface area contributed by atoms with Gasteiger partial charge < -0.3 is 10.1 Å². The fourth-order valence-corrected chi connectivity index (χ4v) is 4.15. The molecule has 1 aliphatic carbocycles. The second-order valence-corrected chi connectivity index (χ2v) is 7.66. The Bertz CT molecular complexity index is 1140. The summed E-state index contributed by atoms with van der Waals surface area (Å²) in [5.41, 5.74) is 3.02. The molecule has 5 rings (SSSR count). The highest BCUT2D eigenvalue weighted by atomic mass is 16.5. The predicted molar refractivity (Wildman–Crippen MR) is 113 cm³/mol. The van der Waals surface area contributed by atoms with Crippen molar-refractivity contribution >= 4 is 16.7 Å². The van der Waals surface area contributed by atoms with Gasteiger partial charge in [-0.3, -0.25) is 9.36 Å². The third kappa shape index (κ3) is 3.47. The van der Waals surface area contributed by atoms with Crippen molar-refractivity contribution in [2.24, 2.45) is 7.05 Å². The van der Waals surface area contributed by atoms with Crippen molar-refractivity contribution in [2.45, 2.75) is 37.8 Å². The Kier molecular flexibility index (Phi) is 4.78. The summed E-state index contributed by atoms with van der Waals surface area (Å²) >= 11 is 0. The SMILES string of the molecule is CNc1cc2c(cn1)c(-c1cnn(C)c1)nn2C1CCC(Oc2cncnc2)CC1. The number of nitrogens with one attached hydrogen (secondary N) is 1. The molecule has 4 aromatic rings. The summed E-state index contributed by atoms with van der Waals surface area (Å²) in [6.07, 6.45) is 14.8. The summed E-state index contributed by atoms with van der Waals surface area (Å²) in [7, 11) is 3.80. The lowest BCUT2D eigenvalue weighted by molar-refractivity contribution is 0.130. The van der Waals surface area contributed by atoms with E-state index in [1.54, 1.807) is 17.1 Å². The number of nitrogens with zero attached hydrogens (tertiary/aromatic N) is 7. The van der Waals surface area contributed by atoms with E-state index in [1.165, 1.54) is 6.33 Å². The number of ether oxygens (including phenoxy) is 1. The van der Waals surface area contributed by atoms with Crippen LogP contribution >= 0.6 is 0 Å². The lowest BCUT2D eigenvalue weighted by Gasteiger charge is -2.29. The maximum atomic E-state index is 6.06. The van der Waals surface area contributed by atoms with E-state index in [9.17, 15) is 0 Å². The standard InChI is InChI=1S/C21H24N8O/c1-22-20-7-19-18(11-25-20)21(14-8-26-28(2)12-14)27-29(19)15-3-5-16(6-4-15)30-17-9-23-13-24-10-17/h7-13,15-16H,3-6H2,1-2H3,(H,22,25). The molecule has 0 radical (unpaired) electrons. The Hall–Kier alpha value is -3.49. The van der Waals surface area contributed by atoms with Crippen molar-refractivity contribution in [3.05, 3.63) is 43.4 Å². The molecule has 0 unspecified atom stereocenters. The summed E-state index contributed by atoms with van der Waals surface area (Å²) in [5.74, 6) is 1.57. The van der Waals surface area contributed by atoms with Gasteiger partial charge in [0.15, 0.2) is 5.75 Å². The van der Waals surface area contributed by atoms with E-state index in [0.29, 0.717) is 6.04 Å². The van der Waals surface area contributed by atoms with Gasteiger partial charge in [0.05, 0.1) is 36.3 Å². The van der Waals surface area contributed by atoms with Crippen LogP contribution in [0.3, 0.4) is 0 Å². The molecule has 4 heterocycles. The van der Waals surface area contributed by atoms with Crippen LogP contribution in [0.4, 0.5) is 5.82 Å². The minimum atomic E-state index is 0.182. The van der Waals surface area contributed by atoms with E-state index in [-0.39, 0.29) is 6.10 Å². The third-order valence-electron chi connectivity index (χ3n) is 5.66. The van der Waals surface area contributed by atoms with Crippen LogP contribution in [0.25, 0.3) is 22.2 Å². The Morgan fingerprint density at radius 2 is 1.87 bits per heavy atom. The van der Waals surface area contributed by atoms with E-state index in [0.717, 1.165) is 59.4 Å². The first-order valence-corrected chi connectivity index (χ1v) is 10.2. The monoisotopic (exact) mass is 404 g/mol. The van der Waals surface area contributed by atoms with Gasteiger partial charge in [0, 0.05) is 43.5 Å². The van der Waals surface area contributed by atoms with Crippen LogP contribution in [0.2, 0.25) is 0 Å². The number of fused-ring (bicyclic) bond motifs is 1. The fraction of sp³-hybridized carbons (Fsp3) is 0.381. The van der Waals surface area contributed by atoms with Crippen LogP contribution < -0.4 is 10.1 Å². The van der Waals surface area contributed by atoms with Gasteiger partial charge in [0.25, 0.3) is 0 Å². The first-order chi connectivity index (χ1) is 14.7. The van der Waals surface area contributed by atoms with E-state index in [2.05, 4.69) is 36.1 Å². The summed E-state index contributed by atoms with van der Waals surface area (Å²) in [6.45, 7) is 0. The topological polar surface area (TPSA) is 95.6 Å². The molecular formula is C21H24N8O. The number of hydrogen-bond acceptors (Lipinski definition) is 7. The van der Waals surface area contributed by atoms with E-state index in [1.807, 2.05) is 32.7 Å². The van der Waals surface area contributed by atoms with Crippen LogP contribution in [0, 0.1) is 0 Å². The second kappa shape index (κ2) is 7.74. The molecule has 0 saturated heterocycles. The van der Waals surface area contributed by atoms with Crippen molar-refractivity contribution in [1.82, 2.24) is 34.5 Å². The first kappa shape index (κ1) is 18.5. The molecule has 0 bridgehead atoms. The zero-order chi connectivity index (χ0) is 20.5. The Labute approximate surface area is 174 Å². The molecule has 9 nitrogen and oxygen atoms in total. The molecule has 0 atom stereocenters. The number of aromatic nitrogens is 7. The zero-order valence-electron chi connectivity index (χ0n) is 17.1.